The van der Waals surface area contributed by atoms with E-state index in [2.05, 4.69) is 15.0 Å². The van der Waals surface area contributed by atoms with Gasteiger partial charge in [-0.25, -0.2) is 14.1 Å². The van der Waals surface area contributed by atoms with Gasteiger partial charge in [0, 0.05) is 23.5 Å². The number of nitro groups is 2. The Morgan fingerprint density at radius 3 is 1.77 bits per heavy atom. The lowest BCUT2D eigenvalue weighted by atomic mass is 10.2. The summed E-state index contributed by atoms with van der Waals surface area (Å²) in [5.41, 5.74) is 9.40. The Morgan fingerprint density at radius 2 is 1.31 bits per heavy atom. The van der Waals surface area contributed by atoms with Gasteiger partial charge in [-0.1, -0.05) is 24.3 Å². The lowest BCUT2D eigenvalue weighted by Crippen LogP contribution is -1.96. The molecule has 196 valence electrons. The van der Waals surface area contributed by atoms with Gasteiger partial charge in [0.15, 0.2) is 17.2 Å². The smallest absolute Gasteiger partial charge is 0.302 e. The van der Waals surface area contributed by atoms with Crippen LogP contribution in [0.25, 0.3) is 9.69 Å². The zero-order valence-corrected chi connectivity index (χ0v) is 21.0. The van der Waals surface area contributed by atoms with Crippen LogP contribution in [0.4, 0.5) is 44.2 Å². The Bertz CT molecular complexity index is 1560. The predicted octanol–water partition coefficient (Wildman–Crippen LogP) is 8.06. The fourth-order valence-electron chi connectivity index (χ4n) is 3.11. The first-order valence-electron chi connectivity index (χ1n) is 11.2. The van der Waals surface area contributed by atoms with E-state index >= 15 is 0 Å². The Morgan fingerprint density at radius 1 is 0.769 bits per heavy atom. The maximum Gasteiger partial charge on any atom is 0.302 e. The molecule has 0 fully saturated rings. The number of hydrogen-bond donors (Lipinski definition) is 2. The van der Waals surface area contributed by atoms with E-state index in [4.69, 9.17) is 18.9 Å². The molecular formula is C28H23FN6O4. The number of nitro benzene ring substituents is 2. The van der Waals surface area contributed by atoms with Crippen molar-refractivity contribution in [3.63, 3.8) is 0 Å². The second kappa shape index (κ2) is 14.1. The Labute approximate surface area is 224 Å². The van der Waals surface area contributed by atoms with Crippen molar-refractivity contribution in [2.75, 3.05) is 11.1 Å². The van der Waals surface area contributed by atoms with Gasteiger partial charge in [-0.05, 0) is 73.5 Å². The first-order chi connectivity index (χ1) is 18.5. The predicted molar refractivity (Wildman–Crippen MR) is 149 cm³/mol. The highest BCUT2D eigenvalue weighted by atomic mass is 19.1. The number of aryl methyl sites for hydroxylation is 2. The molecule has 3 N–H and O–H groups in total. The van der Waals surface area contributed by atoms with E-state index in [1.54, 1.807) is 0 Å². The highest BCUT2D eigenvalue weighted by molar-refractivity contribution is 5.74. The van der Waals surface area contributed by atoms with Crippen molar-refractivity contribution < 1.29 is 14.2 Å². The first kappa shape index (κ1) is 29.4. The van der Waals surface area contributed by atoms with Crippen LogP contribution in [-0.4, -0.2) is 9.85 Å². The summed E-state index contributed by atoms with van der Waals surface area (Å²) < 4.78 is 12.7. The molecule has 4 aromatic rings. The molecule has 0 aromatic heterocycles. The molecule has 11 heteroatoms. The molecule has 0 saturated heterocycles. The quantitative estimate of drug-likeness (QED) is 0.120. The van der Waals surface area contributed by atoms with Crippen molar-refractivity contribution >= 4 is 39.8 Å². The number of halogens is 1. The van der Waals surface area contributed by atoms with Gasteiger partial charge in [-0.3, -0.25) is 20.2 Å². The third-order valence-corrected chi connectivity index (χ3v) is 4.90. The van der Waals surface area contributed by atoms with E-state index in [1.165, 1.54) is 29.8 Å². The molecule has 0 spiro atoms. The third-order valence-electron chi connectivity index (χ3n) is 4.90. The number of benzene rings is 4. The van der Waals surface area contributed by atoms with Gasteiger partial charge in [0.2, 0.25) is 0 Å². The number of hydrogen-bond acceptors (Lipinski definition) is 6. The number of rotatable bonds is 4. The van der Waals surface area contributed by atoms with Gasteiger partial charge >= 0.3 is 5.69 Å². The average molecular weight is 527 g/mol. The molecule has 0 aliphatic rings. The summed E-state index contributed by atoms with van der Waals surface area (Å²) in [6, 6.07) is 22.6. The standard InChI is InChI=1S/C14H11N3O2.C7H3FN2O2.C7H9N/c1-10-4-3-5-12(8-10)16-13-9-11(15-2)6-7-14(13)17(18)19;1-9-5-2-3-7(10(11)12)6(8)4-5;1-6-3-2-4-7(8)5-6/h3-9,16H,1H3;2-4H;2-5H,8H2,1H3. The molecule has 0 amide bonds. The van der Waals surface area contributed by atoms with Crippen molar-refractivity contribution in [3.8, 4) is 0 Å². The molecule has 4 rings (SSSR count). The van der Waals surface area contributed by atoms with E-state index in [0.29, 0.717) is 11.4 Å². The zero-order valence-electron chi connectivity index (χ0n) is 21.0. The van der Waals surface area contributed by atoms with E-state index in [-0.39, 0.29) is 11.4 Å². The number of nitrogen functional groups attached to an aromatic ring is 1. The normalized spacial score (nSPS) is 9.36. The van der Waals surface area contributed by atoms with Gasteiger partial charge in [0.1, 0.15) is 5.69 Å². The molecule has 10 nitrogen and oxygen atoms in total. The summed E-state index contributed by atoms with van der Waals surface area (Å²) in [7, 11) is 0. The summed E-state index contributed by atoms with van der Waals surface area (Å²) in [6.45, 7) is 17.4. The number of nitrogens with zero attached hydrogens (tertiary/aromatic N) is 4. The molecule has 39 heavy (non-hydrogen) atoms. The minimum Gasteiger partial charge on any atom is -0.399 e. The zero-order chi connectivity index (χ0) is 28.9. The molecule has 0 heterocycles. The largest absolute Gasteiger partial charge is 0.399 e. The Kier molecular flexibility index (Phi) is 10.6. The van der Waals surface area contributed by atoms with Crippen LogP contribution < -0.4 is 11.1 Å². The molecule has 0 radical (unpaired) electrons. The van der Waals surface area contributed by atoms with Gasteiger partial charge in [-0.15, -0.1) is 0 Å². The lowest BCUT2D eigenvalue weighted by Gasteiger charge is -2.08. The summed E-state index contributed by atoms with van der Waals surface area (Å²) in [5, 5.41) is 24.1. The number of nitrogens with one attached hydrogen (secondary N) is 1. The van der Waals surface area contributed by atoms with Crippen LogP contribution in [0.2, 0.25) is 0 Å². The fraction of sp³-hybridized carbons (Fsp3) is 0.0714. The summed E-state index contributed by atoms with van der Waals surface area (Å²) in [6.07, 6.45) is 0. The molecule has 4 aromatic carbocycles. The van der Waals surface area contributed by atoms with Crippen LogP contribution in [0.15, 0.2) is 84.9 Å². The van der Waals surface area contributed by atoms with Gasteiger partial charge in [0.25, 0.3) is 5.69 Å². The monoisotopic (exact) mass is 526 g/mol. The van der Waals surface area contributed by atoms with Crippen molar-refractivity contribution in [2.45, 2.75) is 13.8 Å². The van der Waals surface area contributed by atoms with E-state index in [9.17, 15) is 24.6 Å². The maximum absolute atomic E-state index is 12.7. The number of anilines is 3. The highest BCUT2D eigenvalue weighted by Crippen LogP contribution is 2.31. The fourth-order valence-corrected chi connectivity index (χ4v) is 3.11. The highest BCUT2D eigenvalue weighted by Gasteiger charge is 2.14. The van der Waals surface area contributed by atoms with Crippen LogP contribution in [-0.2, 0) is 0 Å². The molecule has 0 unspecified atom stereocenters. The third kappa shape index (κ3) is 9.29. The van der Waals surface area contributed by atoms with Crippen LogP contribution in [0, 0.1) is 53.0 Å². The van der Waals surface area contributed by atoms with Gasteiger partial charge in [0.05, 0.1) is 23.0 Å². The first-order valence-corrected chi connectivity index (χ1v) is 11.2. The summed E-state index contributed by atoms with van der Waals surface area (Å²) >= 11 is 0. The van der Waals surface area contributed by atoms with Gasteiger partial charge < -0.3 is 11.1 Å². The second-order valence-electron chi connectivity index (χ2n) is 7.98. The molecule has 0 saturated carbocycles. The summed E-state index contributed by atoms with van der Waals surface area (Å²) in [5.74, 6) is -0.978. The Hall–Kier alpha value is -5.81. The van der Waals surface area contributed by atoms with Crippen LogP contribution >= 0.6 is 0 Å². The van der Waals surface area contributed by atoms with Crippen molar-refractivity contribution in [2.24, 2.45) is 0 Å². The Balaban J connectivity index is 0.000000227. The molecule has 0 atom stereocenters. The van der Waals surface area contributed by atoms with E-state index in [0.717, 1.165) is 29.1 Å². The molecule has 0 aliphatic heterocycles. The SMILES string of the molecule is Cc1cccc(N)c1.[C-]#[N+]c1ccc([N+](=O)[O-])c(F)c1.[C-]#[N+]c1ccc([N+](=O)[O-])c(Nc2cccc(C)c2)c1. The minimum absolute atomic E-state index is 0.0473. The van der Waals surface area contributed by atoms with E-state index < -0.39 is 21.4 Å². The van der Waals surface area contributed by atoms with Crippen LogP contribution in [0.1, 0.15) is 11.1 Å². The number of nitrogens with two attached hydrogens (primary N) is 1. The minimum atomic E-state index is -0.978. The van der Waals surface area contributed by atoms with Crippen LogP contribution in [0.3, 0.4) is 0 Å². The average Bonchev–Trinajstić information content (AvgIpc) is 2.89. The molecule has 0 aliphatic carbocycles. The summed E-state index contributed by atoms with van der Waals surface area (Å²) in [4.78, 5) is 26.0. The maximum atomic E-state index is 12.7. The van der Waals surface area contributed by atoms with Crippen LogP contribution in [0.5, 0.6) is 0 Å². The van der Waals surface area contributed by atoms with Crippen molar-refractivity contribution in [3.05, 3.63) is 145 Å². The molecular weight excluding hydrogens is 503 g/mol. The van der Waals surface area contributed by atoms with Crippen molar-refractivity contribution in [1.29, 1.82) is 0 Å². The molecule has 0 bridgehead atoms. The topological polar surface area (TPSA) is 133 Å². The second-order valence-corrected chi connectivity index (χ2v) is 7.98. The van der Waals surface area contributed by atoms with Gasteiger partial charge in [-0.2, -0.15) is 0 Å². The van der Waals surface area contributed by atoms with Crippen molar-refractivity contribution in [1.82, 2.24) is 0 Å². The van der Waals surface area contributed by atoms with E-state index in [1.807, 2.05) is 62.4 Å². The lowest BCUT2D eigenvalue weighted by molar-refractivity contribution is -0.387.